The lowest BCUT2D eigenvalue weighted by Gasteiger charge is -2.12. The first kappa shape index (κ1) is 22.3. The number of nitrogens with zero attached hydrogens (tertiary/aromatic N) is 1. The Morgan fingerprint density at radius 3 is 2.43 bits per heavy atom. The van der Waals surface area contributed by atoms with E-state index in [4.69, 9.17) is 5.14 Å². The first-order valence-electron chi connectivity index (χ1n) is 8.97. The van der Waals surface area contributed by atoms with E-state index in [1.54, 1.807) is 6.07 Å². The third kappa shape index (κ3) is 5.63. The maximum Gasteiger partial charge on any atom is 0.245 e. The normalized spacial score (nSPS) is 13.3. The summed E-state index contributed by atoms with van der Waals surface area (Å²) in [5.74, 6) is -1.05. The number of thiazole rings is 1. The number of hydrogen-bond acceptors (Lipinski definition) is 7. The molecule has 0 spiro atoms. The predicted octanol–water partition coefficient (Wildman–Crippen LogP) is 1.84. The number of primary sulfonamides is 1. The van der Waals surface area contributed by atoms with Gasteiger partial charge in [-0.3, -0.25) is 4.79 Å². The molecule has 8 nitrogen and oxygen atoms in total. The number of carbonyl (C=O) groups excluding carboxylic acids is 1. The van der Waals surface area contributed by atoms with E-state index in [0.717, 1.165) is 33.4 Å². The lowest BCUT2D eigenvalue weighted by atomic mass is 10.1. The molecule has 1 unspecified atom stereocenters. The molecule has 1 atom stereocenters. The second kappa shape index (κ2) is 8.80. The van der Waals surface area contributed by atoms with E-state index >= 15 is 0 Å². The Hall–Kier alpha value is -2.34. The summed E-state index contributed by atoms with van der Waals surface area (Å²) in [5, 5.41) is 6.10. The molecule has 1 aromatic heterocycles. The highest BCUT2D eigenvalue weighted by Crippen LogP contribution is 2.33. The van der Waals surface area contributed by atoms with Crippen LogP contribution in [-0.4, -0.2) is 46.3 Å². The molecule has 160 valence electrons. The summed E-state index contributed by atoms with van der Waals surface area (Å²) in [6.45, 7) is -0.00959. The number of nitrogens with one attached hydrogen (secondary N) is 1. The van der Waals surface area contributed by atoms with Gasteiger partial charge in [-0.1, -0.05) is 36.4 Å². The summed E-state index contributed by atoms with van der Waals surface area (Å²) in [6.07, 6.45) is 1.06. The molecule has 3 N–H and O–H groups in total. The van der Waals surface area contributed by atoms with E-state index in [1.807, 2.05) is 42.5 Å². The Labute approximate surface area is 179 Å². The maximum absolute atomic E-state index is 12.6. The predicted molar refractivity (Wildman–Crippen MR) is 118 cm³/mol. The minimum absolute atomic E-state index is 0.00959. The van der Waals surface area contributed by atoms with Crippen LogP contribution in [0.15, 0.2) is 48.5 Å². The molecule has 3 aromatic rings. The van der Waals surface area contributed by atoms with Gasteiger partial charge in [-0.25, -0.2) is 27.0 Å². The molecule has 0 saturated heterocycles. The highest BCUT2D eigenvalue weighted by molar-refractivity contribution is 7.91. The zero-order chi connectivity index (χ0) is 21.9. The van der Waals surface area contributed by atoms with Gasteiger partial charge in [0.05, 0.1) is 16.0 Å². The molecule has 0 radical (unpaired) electrons. The van der Waals surface area contributed by atoms with Crippen molar-refractivity contribution >= 4 is 47.3 Å². The molecule has 3 rings (SSSR count). The largest absolute Gasteiger partial charge is 0.355 e. The van der Waals surface area contributed by atoms with Gasteiger partial charge in [0.2, 0.25) is 15.9 Å². The van der Waals surface area contributed by atoms with Gasteiger partial charge < -0.3 is 5.32 Å². The fourth-order valence-electron chi connectivity index (χ4n) is 2.93. The summed E-state index contributed by atoms with van der Waals surface area (Å²) < 4.78 is 47.4. The smallest absolute Gasteiger partial charge is 0.245 e. The van der Waals surface area contributed by atoms with Crippen molar-refractivity contribution < 1.29 is 21.6 Å². The summed E-state index contributed by atoms with van der Waals surface area (Å²) in [7, 11) is -7.45. The average molecular weight is 468 g/mol. The number of nitrogens with two attached hydrogens (primary N) is 1. The van der Waals surface area contributed by atoms with Gasteiger partial charge in [0.1, 0.15) is 5.01 Å². The number of carbonyl (C=O) groups is 1. The number of amides is 1. The Morgan fingerprint density at radius 2 is 1.80 bits per heavy atom. The Bertz CT molecular complexity index is 1270. The van der Waals surface area contributed by atoms with Crippen molar-refractivity contribution in [3.8, 4) is 11.1 Å². The van der Waals surface area contributed by atoms with E-state index in [1.165, 1.54) is 0 Å². The molecule has 0 saturated carbocycles. The lowest BCUT2D eigenvalue weighted by Crippen LogP contribution is -2.34. The van der Waals surface area contributed by atoms with Crippen molar-refractivity contribution in [1.29, 1.82) is 0 Å². The van der Waals surface area contributed by atoms with Gasteiger partial charge in [0, 0.05) is 12.8 Å². The second-order valence-corrected chi connectivity index (χ2v) is 11.7. The van der Waals surface area contributed by atoms with Crippen LogP contribution in [0.5, 0.6) is 0 Å². The highest BCUT2D eigenvalue weighted by Gasteiger charge is 2.33. The summed E-state index contributed by atoms with van der Waals surface area (Å²) >= 11 is 1.15. The van der Waals surface area contributed by atoms with Crippen LogP contribution < -0.4 is 10.5 Å². The molecule has 0 aliphatic rings. The molecule has 0 bridgehead atoms. The molecule has 11 heteroatoms. The molecule has 2 aromatic carbocycles. The standard InChI is InChI=1S/C19H21N3O5S3/c1-29(24,25)17(18(23)21-10-5-11-30(20,26)27)19-22-15-9-8-14(12-16(15)28-19)13-6-3-2-4-7-13/h2-4,6-9,12,17H,5,10-11H2,1H3,(H,21,23)(H2,20,26,27). The van der Waals surface area contributed by atoms with Gasteiger partial charge >= 0.3 is 0 Å². The monoisotopic (exact) mass is 467 g/mol. The Kier molecular flexibility index (Phi) is 6.56. The lowest BCUT2D eigenvalue weighted by molar-refractivity contribution is -0.120. The topological polar surface area (TPSA) is 136 Å². The van der Waals surface area contributed by atoms with E-state index < -0.39 is 31.0 Å². The summed E-state index contributed by atoms with van der Waals surface area (Å²) in [5.41, 5.74) is 2.58. The number of sulfone groups is 1. The third-order valence-electron chi connectivity index (χ3n) is 4.31. The van der Waals surface area contributed by atoms with Crippen molar-refractivity contribution in [2.45, 2.75) is 11.7 Å². The zero-order valence-electron chi connectivity index (χ0n) is 16.1. The average Bonchev–Trinajstić information content (AvgIpc) is 3.06. The van der Waals surface area contributed by atoms with E-state index in [-0.39, 0.29) is 23.7 Å². The van der Waals surface area contributed by atoms with Gasteiger partial charge in [0.25, 0.3) is 0 Å². The molecule has 0 aliphatic heterocycles. The molecular formula is C19H21N3O5S3. The number of rotatable bonds is 8. The molecule has 30 heavy (non-hydrogen) atoms. The number of sulfonamides is 1. The van der Waals surface area contributed by atoms with Crippen molar-refractivity contribution in [2.75, 3.05) is 18.6 Å². The fraction of sp³-hybridized carbons (Fsp3) is 0.263. The number of hydrogen-bond donors (Lipinski definition) is 2. The van der Waals surface area contributed by atoms with Crippen molar-refractivity contribution in [2.24, 2.45) is 5.14 Å². The third-order valence-corrected chi connectivity index (χ3v) is 7.69. The van der Waals surface area contributed by atoms with Gasteiger partial charge in [0.15, 0.2) is 15.1 Å². The van der Waals surface area contributed by atoms with Crippen LogP contribution in [0, 0.1) is 0 Å². The molecule has 0 fully saturated rings. The van der Waals surface area contributed by atoms with Crippen LogP contribution in [0.25, 0.3) is 21.3 Å². The number of benzene rings is 2. The minimum Gasteiger partial charge on any atom is -0.355 e. The fourth-order valence-corrected chi connectivity index (χ4v) is 6.03. The SMILES string of the molecule is CS(=O)(=O)C(C(=O)NCCCS(N)(=O)=O)c1nc2ccc(-c3ccccc3)cc2s1. The van der Waals surface area contributed by atoms with Crippen LogP contribution in [-0.2, 0) is 24.7 Å². The van der Waals surface area contributed by atoms with Crippen LogP contribution in [0.4, 0.5) is 0 Å². The Balaban J connectivity index is 1.86. The first-order chi connectivity index (χ1) is 14.0. The summed E-state index contributed by atoms with van der Waals surface area (Å²) in [6, 6.07) is 15.3. The second-order valence-electron chi connectivity index (χ2n) is 6.82. The van der Waals surface area contributed by atoms with Crippen molar-refractivity contribution in [3.63, 3.8) is 0 Å². The number of aromatic nitrogens is 1. The molecule has 1 amide bonds. The van der Waals surface area contributed by atoms with Gasteiger partial charge in [-0.2, -0.15) is 0 Å². The van der Waals surface area contributed by atoms with Crippen LogP contribution in [0.2, 0.25) is 0 Å². The quantitative estimate of drug-likeness (QED) is 0.485. The van der Waals surface area contributed by atoms with Crippen LogP contribution in [0.1, 0.15) is 16.7 Å². The van der Waals surface area contributed by atoms with E-state index in [2.05, 4.69) is 10.3 Å². The van der Waals surface area contributed by atoms with Gasteiger partial charge in [-0.05, 0) is 29.7 Å². The molecule has 0 aliphatic carbocycles. The van der Waals surface area contributed by atoms with Crippen molar-refractivity contribution in [3.05, 3.63) is 53.5 Å². The zero-order valence-corrected chi connectivity index (χ0v) is 18.6. The van der Waals surface area contributed by atoms with Crippen LogP contribution >= 0.6 is 11.3 Å². The molecule has 1 heterocycles. The maximum atomic E-state index is 12.6. The van der Waals surface area contributed by atoms with Gasteiger partial charge in [-0.15, -0.1) is 11.3 Å². The van der Waals surface area contributed by atoms with E-state index in [0.29, 0.717) is 5.52 Å². The Morgan fingerprint density at radius 1 is 1.10 bits per heavy atom. The molecular weight excluding hydrogens is 446 g/mol. The van der Waals surface area contributed by atoms with E-state index in [9.17, 15) is 21.6 Å². The number of fused-ring (bicyclic) bond motifs is 1. The van der Waals surface area contributed by atoms with Crippen LogP contribution in [0.3, 0.4) is 0 Å². The highest BCUT2D eigenvalue weighted by atomic mass is 32.2. The summed E-state index contributed by atoms with van der Waals surface area (Å²) in [4.78, 5) is 16.9. The van der Waals surface area contributed by atoms with Crippen molar-refractivity contribution in [1.82, 2.24) is 10.3 Å². The first-order valence-corrected chi connectivity index (χ1v) is 13.5. The minimum atomic E-state index is -3.80.